The third kappa shape index (κ3) is 7.26. The highest BCUT2D eigenvalue weighted by Gasteiger charge is 2.29. The van der Waals surface area contributed by atoms with Crippen LogP contribution in [-0.2, 0) is 17.6 Å². The number of aromatic nitrogens is 1. The number of anilines is 1. The molecule has 8 heteroatoms. The van der Waals surface area contributed by atoms with E-state index >= 15 is 0 Å². The summed E-state index contributed by atoms with van der Waals surface area (Å²) in [7, 11) is 1.67. The first kappa shape index (κ1) is 25.7. The fraction of sp³-hybridized carbons (Fsp3) is 0.333. The number of nitrogens with two attached hydrogens (primary N) is 1. The Morgan fingerprint density at radius 1 is 1.37 bits per heavy atom. The molecule has 2 heterocycles. The van der Waals surface area contributed by atoms with Gasteiger partial charge in [0.2, 0.25) is 5.91 Å². The van der Waals surface area contributed by atoms with Crippen molar-refractivity contribution in [1.29, 1.82) is 0 Å². The van der Waals surface area contributed by atoms with E-state index in [2.05, 4.69) is 27.1 Å². The van der Waals surface area contributed by atoms with Gasteiger partial charge >= 0.3 is 6.03 Å². The Morgan fingerprint density at radius 3 is 2.80 bits per heavy atom. The van der Waals surface area contributed by atoms with E-state index in [-0.39, 0.29) is 5.91 Å². The number of amides is 3. The van der Waals surface area contributed by atoms with Crippen LogP contribution in [0.3, 0.4) is 0 Å². The van der Waals surface area contributed by atoms with Crippen LogP contribution in [0.15, 0.2) is 53.3 Å². The van der Waals surface area contributed by atoms with E-state index in [0.29, 0.717) is 30.4 Å². The van der Waals surface area contributed by atoms with E-state index in [9.17, 15) is 14.7 Å². The molecule has 3 rings (SSSR count). The summed E-state index contributed by atoms with van der Waals surface area (Å²) >= 11 is 0. The Balaban J connectivity index is 1.67. The minimum absolute atomic E-state index is 0.236. The van der Waals surface area contributed by atoms with Gasteiger partial charge in [-0.05, 0) is 74.7 Å². The van der Waals surface area contributed by atoms with Crippen molar-refractivity contribution in [3.8, 4) is 11.8 Å². The maximum absolute atomic E-state index is 13.1. The average molecular weight is 474 g/mol. The van der Waals surface area contributed by atoms with Gasteiger partial charge in [-0.1, -0.05) is 24.0 Å². The third-order valence-electron chi connectivity index (χ3n) is 5.53. The molecule has 0 bridgehead atoms. The number of urea groups is 1. The van der Waals surface area contributed by atoms with E-state index in [1.165, 1.54) is 17.3 Å². The minimum atomic E-state index is -1.11. The second-order valence-electron chi connectivity index (χ2n) is 9.07. The second-order valence-corrected chi connectivity index (χ2v) is 9.07. The van der Waals surface area contributed by atoms with Crippen molar-refractivity contribution in [3.63, 3.8) is 0 Å². The number of aryl methyl sites for hydroxylation is 2. The number of likely N-dealkylation sites (N-methyl/N-ethyl adjacent to an activating group) is 1. The Labute approximate surface area is 206 Å². The second kappa shape index (κ2) is 11.0. The molecule has 0 radical (unpaired) electrons. The smallest absolute Gasteiger partial charge is 0.341 e. The highest BCUT2D eigenvalue weighted by molar-refractivity contribution is 6.01. The van der Waals surface area contributed by atoms with Gasteiger partial charge in [-0.25, -0.2) is 9.79 Å². The standard InChI is InChI=1S/C27H31N5O3/c1-18-5-6-20(16-29-18)13-21(15-28)17-30-26(34)31-23-10-9-22-8-7-19(11-12-27(2,3)35)14-24(22)32(4)25(23)33/h5-8,14-17,23,35H,9-10,13,28H2,1-4H3,(H,31,34)/t23-/m0/s1. The number of hydrogen-bond donors (Lipinski definition) is 3. The van der Waals surface area contributed by atoms with Gasteiger partial charge in [0, 0.05) is 42.8 Å². The number of benzene rings is 1. The van der Waals surface area contributed by atoms with Crippen LogP contribution >= 0.6 is 0 Å². The van der Waals surface area contributed by atoms with Gasteiger partial charge in [-0.15, -0.1) is 0 Å². The molecule has 8 nitrogen and oxygen atoms in total. The lowest BCUT2D eigenvalue weighted by Crippen LogP contribution is -2.46. The quantitative estimate of drug-likeness (QED) is 0.466. The summed E-state index contributed by atoms with van der Waals surface area (Å²) in [5.74, 6) is 5.48. The van der Waals surface area contributed by atoms with Gasteiger partial charge in [0.15, 0.2) is 0 Å². The topological polar surface area (TPSA) is 121 Å². The number of carbonyl (C=O) groups is 2. The van der Waals surface area contributed by atoms with Gasteiger partial charge < -0.3 is 21.1 Å². The molecule has 1 aliphatic heterocycles. The number of aliphatic imine (C=N–C) groups is 1. The van der Waals surface area contributed by atoms with Crippen LogP contribution in [-0.4, -0.2) is 46.9 Å². The van der Waals surface area contributed by atoms with Crippen LogP contribution in [0, 0.1) is 18.8 Å². The number of allylic oxidation sites excluding steroid dienone is 1. The zero-order valence-electron chi connectivity index (χ0n) is 20.5. The number of carbonyl (C=O) groups excluding carboxylic acids is 2. The van der Waals surface area contributed by atoms with Crippen molar-refractivity contribution in [2.45, 2.75) is 51.7 Å². The predicted octanol–water partition coefficient (Wildman–Crippen LogP) is 2.66. The molecule has 1 atom stereocenters. The van der Waals surface area contributed by atoms with Crippen molar-refractivity contribution in [2.75, 3.05) is 11.9 Å². The zero-order chi connectivity index (χ0) is 25.6. The largest absolute Gasteiger partial charge is 0.404 e. The first-order valence-electron chi connectivity index (χ1n) is 11.4. The summed E-state index contributed by atoms with van der Waals surface area (Å²) < 4.78 is 0. The van der Waals surface area contributed by atoms with Crippen LogP contribution in [0.25, 0.3) is 0 Å². The molecule has 0 spiro atoms. The number of pyridine rings is 1. The maximum atomic E-state index is 13.1. The number of nitrogens with one attached hydrogen (secondary N) is 1. The molecule has 182 valence electrons. The monoisotopic (exact) mass is 473 g/mol. The molecule has 3 amide bonds. The highest BCUT2D eigenvalue weighted by Crippen LogP contribution is 2.27. The lowest BCUT2D eigenvalue weighted by Gasteiger charge is -2.21. The molecule has 0 fully saturated rings. The molecule has 1 aliphatic rings. The van der Waals surface area contributed by atoms with Crippen LogP contribution in [0.1, 0.15) is 42.7 Å². The molecule has 2 aromatic rings. The number of aliphatic hydroxyl groups is 1. The molecule has 0 saturated carbocycles. The van der Waals surface area contributed by atoms with Crippen LogP contribution in [0.5, 0.6) is 0 Å². The van der Waals surface area contributed by atoms with Crippen molar-refractivity contribution >= 4 is 23.8 Å². The van der Waals surface area contributed by atoms with Gasteiger partial charge in [-0.3, -0.25) is 9.78 Å². The number of nitrogens with zero attached hydrogens (tertiary/aromatic N) is 3. The molecule has 1 aromatic carbocycles. The maximum Gasteiger partial charge on any atom is 0.341 e. The lowest BCUT2D eigenvalue weighted by molar-refractivity contribution is -0.120. The van der Waals surface area contributed by atoms with Crippen molar-refractivity contribution in [2.24, 2.45) is 10.7 Å². The van der Waals surface area contributed by atoms with Gasteiger partial charge in [0.25, 0.3) is 0 Å². The fourth-order valence-corrected chi connectivity index (χ4v) is 3.61. The molecular formula is C27H31N5O3. The Bertz CT molecular complexity index is 1210. The Morgan fingerprint density at radius 2 is 2.14 bits per heavy atom. The van der Waals surface area contributed by atoms with Gasteiger partial charge in [-0.2, -0.15) is 0 Å². The molecular weight excluding hydrogens is 442 g/mol. The highest BCUT2D eigenvalue weighted by atomic mass is 16.3. The number of fused-ring (bicyclic) bond motifs is 1. The number of hydrogen-bond acceptors (Lipinski definition) is 5. The van der Waals surface area contributed by atoms with Crippen LogP contribution in [0.2, 0.25) is 0 Å². The van der Waals surface area contributed by atoms with Crippen molar-refractivity contribution < 1.29 is 14.7 Å². The molecule has 35 heavy (non-hydrogen) atoms. The molecule has 0 saturated heterocycles. The Hall–Kier alpha value is -3.96. The van der Waals surface area contributed by atoms with E-state index < -0.39 is 17.7 Å². The normalized spacial score (nSPS) is 16.4. The summed E-state index contributed by atoms with van der Waals surface area (Å²) in [6.45, 7) is 5.13. The summed E-state index contributed by atoms with van der Waals surface area (Å²) in [4.78, 5) is 35.3. The first-order valence-corrected chi connectivity index (χ1v) is 11.4. The summed E-state index contributed by atoms with van der Waals surface area (Å²) in [6, 6.07) is 8.14. The first-order chi connectivity index (χ1) is 16.6. The minimum Gasteiger partial charge on any atom is -0.404 e. The van der Waals surface area contributed by atoms with Crippen molar-refractivity contribution in [3.05, 3.63) is 70.7 Å². The average Bonchev–Trinajstić information content (AvgIpc) is 2.93. The third-order valence-corrected chi connectivity index (χ3v) is 5.53. The lowest BCUT2D eigenvalue weighted by atomic mass is 10.0. The summed E-state index contributed by atoms with van der Waals surface area (Å²) in [6.07, 6.45) is 6.10. The van der Waals surface area contributed by atoms with E-state index in [4.69, 9.17) is 5.73 Å². The molecule has 0 aliphatic carbocycles. The van der Waals surface area contributed by atoms with Gasteiger partial charge in [0.1, 0.15) is 11.6 Å². The van der Waals surface area contributed by atoms with Crippen LogP contribution < -0.4 is 16.0 Å². The number of rotatable bonds is 4. The predicted molar refractivity (Wildman–Crippen MR) is 137 cm³/mol. The Kier molecular flexibility index (Phi) is 8.05. The van der Waals surface area contributed by atoms with Crippen molar-refractivity contribution in [1.82, 2.24) is 10.3 Å². The van der Waals surface area contributed by atoms with E-state index in [1.54, 1.807) is 27.1 Å². The summed E-state index contributed by atoms with van der Waals surface area (Å²) in [5.41, 5.74) is 9.52. The van der Waals surface area contributed by atoms with Gasteiger partial charge in [0.05, 0.1) is 0 Å². The van der Waals surface area contributed by atoms with Crippen LogP contribution in [0.4, 0.5) is 10.5 Å². The SMILES string of the molecule is Cc1ccc(CC(C=NC(=O)N[C@H]2CCc3ccc(C#CC(C)(C)O)cc3N(C)C2=O)=CN)cn1. The summed E-state index contributed by atoms with van der Waals surface area (Å²) in [5, 5.41) is 12.6. The van der Waals surface area contributed by atoms with E-state index in [1.807, 2.05) is 37.3 Å². The molecule has 0 unspecified atom stereocenters. The van der Waals surface area contributed by atoms with E-state index in [0.717, 1.165) is 22.5 Å². The molecule has 4 N–H and O–H groups in total. The fourth-order valence-electron chi connectivity index (χ4n) is 3.61. The zero-order valence-corrected chi connectivity index (χ0v) is 20.5. The molecule has 1 aromatic heterocycles.